The summed E-state index contributed by atoms with van der Waals surface area (Å²) in [6, 6.07) is 12.5. The number of furan rings is 1. The maximum absolute atomic E-state index is 14.3. The number of aliphatic carboxylic acids is 1. The Balaban J connectivity index is 1.76. The van der Waals surface area contributed by atoms with Crippen LogP contribution in [0.25, 0.3) is 11.0 Å². The van der Waals surface area contributed by atoms with E-state index in [-0.39, 0.29) is 23.5 Å². The molecular weight excluding hydrogens is 359 g/mol. The van der Waals surface area contributed by atoms with Gasteiger partial charge in [-0.2, -0.15) is 0 Å². The average molecular weight is 382 g/mol. The summed E-state index contributed by atoms with van der Waals surface area (Å²) in [5, 5.41) is 11.1. The Labute approximate surface area is 162 Å². The summed E-state index contributed by atoms with van der Waals surface area (Å²) in [6.45, 7) is 2.05. The molecule has 28 heavy (non-hydrogen) atoms. The first-order chi connectivity index (χ1) is 13.5. The third-order valence-electron chi connectivity index (χ3n) is 6.12. The molecule has 0 saturated heterocycles. The number of benzene rings is 2. The van der Waals surface area contributed by atoms with Crippen molar-refractivity contribution in [3.05, 3.63) is 65.7 Å². The molecule has 4 atom stereocenters. The first kappa shape index (κ1) is 18.5. The van der Waals surface area contributed by atoms with Gasteiger partial charge in [-0.3, -0.25) is 4.79 Å². The second-order valence-corrected chi connectivity index (χ2v) is 7.66. The molecule has 2 aromatic carbocycles. The Morgan fingerprint density at radius 3 is 2.64 bits per heavy atom. The lowest BCUT2D eigenvalue weighted by Gasteiger charge is -2.40. The van der Waals surface area contributed by atoms with Crippen LogP contribution in [0.5, 0.6) is 5.75 Å². The minimum atomic E-state index is -0.843. The lowest BCUT2D eigenvalue weighted by Crippen LogP contribution is -2.36. The molecule has 0 aliphatic heterocycles. The van der Waals surface area contributed by atoms with E-state index in [9.17, 15) is 14.3 Å². The first-order valence-electron chi connectivity index (χ1n) is 9.53. The molecule has 1 heterocycles. The van der Waals surface area contributed by atoms with Gasteiger partial charge in [-0.15, -0.1) is 0 Å². The highest BCUT2D eigenvalue weighted by Crippen LogP contribution is 2.49. The monoisotopic (exact) mass is 382 g/mol. The molecule has 3 unspecified atom stereocenters. The lowest BCUT2D eigenvalue weighted by molar-refractivity contribution is -0.145. The van der Waals surface area contributed by atoms with Crippen LogP contribution in [0, 0.1) is 17.7 Å². The van der Waals surface area contributed by atoms with Crippen molar-refractivity contribution in [2.45, 2.75) is 31.6 Å². The van der Waals surface area contributed by atoms with Gasteiger partial charge in [0.1, 0.15) is 5.58 Å². The number of carboxylic acids is 1. The largest absolute Gasteiger partial charge is 0.494 e. The first-order valence-corrected chi connectivity index (χ1v) is 9.53. The van der Waals surface area contributed by atoms with Crippen molar-refractivity contribution in [3.8, 4) is 5.75 Å². The van der Waals surface area contributed by atoms with E-state index in [0.29, 0.717) is 5.56 Å². The highest BCUT2D eigenvalue weighted by molar-refractivity contribution is 5.79. The van der Waals surface area contributed by atoms with Gasteiger partial charge in [0.2, 0.25) is 0 Å². The molecule has 3 aromatic rings. The fraction of sp³-hybridized carbons (Fsp3) is 0.348. The molecule has 1 aliphatic rings. The topological polar surface area (TPSA) is 59.7 Å². The molecule has 4 rings (SSSR count). The summed E-state index contributed by atoms with van der Waals surface area (Å²) < 4.78 is 24.8. The van der Waals surface area contributed by atoms with Gasteiger partial charge in [0.05, 0.1) is 19.3 Å². The SMILES string of the molecule is COc1ccc(C2C(C)CCC(c3ccc4occc4c3)[C@H]2C(=O)O)cc1F. The number of hydrogen-bond acceptors (Lipinski definition) is 3. The van der Waals surface area contributed by atoms with Gasteiger partial charge in [-0.25, -0.2) is 4.39 Å². The predicted octanol–water partition coefficient (Wildman–Crippen LogP) is 5.58. The minimum absolute atomic E-state index is 0.136. The Kier molecular flexibility index (Phi) is 4.84. The number of fused-ring (bicyclic) bond motifs is 1. The number of carbonyl (C=O) groups is 1. The van der Waals surface area contributed by atoms with Gasteiger partial charge >= 0.3 is 5.97 Å². The summed E-state index contributed by atoms with van der Waals surface area (Å²) in [7, 11) is 1.42. The third kappa shape index (κ3) is 3.15. The molecule has 4 nitrogen and oxygen atoms in total. The smallest absolute Gasteiger partial charge is 0.307 e. The number of halogens is 1. The summed E-state index contributed by atoms with van der Waals surface area (Å²) in [6.07, 6.45) is 3.31. The average Bonchev–Trinajstić information content (AvgIpc) is 3.15. The maximum Gasteiger partial charge on any atom is 0.307 e. The zero-order valence-corrected chi connectivity index (χ0v) is 15.9. The minimum Gasteiger partial charge on any atom is -0.494 e. The van der Waals surface area contributed by atoms with E-state index in [1.165, 1.54) is 13.2 Å². The van der Waals surface area contributed by atoms with Crippen LogP contribution in [0.3, 0.4) is 0 Å². The third-order valence-corrected chi connectivity index (χ3v) is 6.12. The predicted molar refractivity (Wildman–Crippen MR) is 104 cm³/mol. The van der Waals surface area contributed by atoms with Crippen molar-refractivity contribution >= 4 is 16.9 Å². The van der Waals surface area contributed by atoms with Crippen LogP contribution in [-0.4, -0.2) is 18.2 Å². The fourth-order valence-corrected chi connectivity index (χ4v) is 4.75. The highest BCUT2D eigenvalue weighted by Gasteiger charge is 2.43. The second kappa shape index (κ2) is 7.30. The molecule has 0 spiro atoms. The molecule has 5 heteroatoms. The molecule has 1 saturated carbocycles. The van der Waals surface area contributed by atoms with Crippen molar-refractivity contribution in [3.63, 3.8) is 0 Å². The number of rotatable bonds is 4. The summed E-state index contributed by atoms with van der Waals surface area (Å²) in [5.74, 6) is -2.02. The van der Waals surface area contributed by atoms with Crippen LogP contribution in [0.1, 0.15) is 42.7 Å². The van der Waals surface area contributed by atoms with Crippen LogP contribution in [0.2, 0.25) is 0 Å². The molecular formula is C23H23FO4. The summed E-state index contributed by atoms with van der Waals surface area (Å²) in [5.41, 5.74) is 2.49. The highest BCUT2D eigenvalue weighted by atomic mass is 19.1. The van der Waals surface area contributed by atoms with Crippen molar-refractivity contribution in [2.24, 2.45) is 11.8 Å². The van der Waals surface area contributed by atoms with Crippen LogP contribution in [0.15, 0.2) is 53.1 Å². The van der Waals surface area contributed by atoms with E-state index in [2.05, 4.69) is 6.92 Å². The maximum atomic E-state index is 14.3. The molecule has 1 fully saturated rings. The van der Waals surface area contributed by atoms with Gasteiger partial charge in [0.25, 0.3) is 0 Å². The normalized spacial score (nSPS) is 25.0. The fourth-order valence-electron chi connectivity index (χ4n) is 4.75. The van der Waals surface area contributed by atoms with Crippen molar-refractivity contribution in [2.75, 3.05) is 7.11 Å². The van der Waals surface area contributed by atoms with Crippen LogP contribution >= 0.6 is 0 Å². The van der Waals surface area contributed by atoms with Crippen LogP contribution in [0.4, 0.5) is 4.39 Å². The molecule has 1 aromatic heterocycles. The van der Waals surface area contributed by atoms with Gasteiger partial charge in [0.15, 0.2) is 11.6 Å². The van der Waals surface area contributed by atoms with Gasteiger partial charge in [-0.1, -0.05) is 19.1 Å². The standard InChI is InChI=1S/C23H23FO4/c1-13-3-6-17(14-4-7-19-15(11-14)9-10-28-19)22(23(25)26)21(13)16-5-8-20(27-2)18(24)12-16/h4-5,7-13,17,21-22H,3,6H2,1-2H3,(H,25,26)/t13?,17?,21?,22-/m1/s1. The van der Waals surface area contributed by atoms with Crippen molar-refractivity contribution in [1.82, 2.24) is 0 Å². The van der Waals surface area contributed by atoms with E-state index in [1.54, 1.807) is 18.4 Å². The van der Waals surface area contributed by atoms with Crippen molar-refractivity contribution < 1.29 is 23.4 Å². The van der Waals surface area contributed by atoms with Crippen molar-refractivity contribution in [1.29, 1.82) is 0 Å². The zero-order valence-electron chi connectivity index (χ0n) is 15.9. The summed E-state index contributed by atoms with van der Waals surface area (Å²) in [4.78, 5) is 12.4. The van der Waals surface area contributed by atoms with Gasteiger partial charge < -0.3 is 14.3 Å². The van der Waals surface area contributed by atoms with E-state index in [0.717, 1.165) is 29.4 Å². The number of hydrogen-bond donors (Lipinski definition) is 1. The Morgan fingerprint density at radius 2 is 1.93 bits per heavy atom. The second-order valence-electron chi connectivity index (χ2n) is 7.66. The summed E-state index contributed by atoms with van der Waals surface area (Å²) >= 11 is 0. The van der Waals surface area contributed by atoms with Gasteiger partial charge in [-0.05, 0) is 66.1 Å². The Morgan fingerprint density at radius 1 is 1.14 bits per heavy atom. The number of ether oxygens (including phenoxy) is 1. The number of methoxy groups -OCH3 is 1. The molecule has 0 bridgehead atoms. The molecule has 0 radical (unpaired) electrons. The van der Waals surface area contributed by atoms with Crippen LogP contribution < -0.4 is 4.74 Å². The van der Waals surface area contributed by atoms with E-state index in [4.69, 9.17) is 9.15 Å². The lowest BCUT2D eigenvalue weighted by atomic mass is 9.63. The molecule has 1 aliphatic carbocycles. The van der Waals surface area contributed by atoms with Gasteiger partial charge in [0, 0.05) is 11.3 Å². The number of carboxylic acid groups (broad SMARTS) is 1. The van der Waals surface area contributed by atoms with E-state index >= 15 is 0 Å². The Hall–Kier alpha value is -2.82. The molecule has 0 amide bonds. The van der Waals surface area contributed by atoms with E-state index < -0.39 is 17.7 Å². The Bertz CT molecular complexity index is 1010. The zero-order chi connectivity index (χ0) is 19.8. The quantitative estimate of drug-likeness (QED) is 0.640. The van der Waals surface area contributed by atoms with Crippen LogP contribution in [-0.2, 0) is 4.79 Å². The molecule has 146 valence electrons. The van der Waals surface area contributed by atoms with E-state index in [1.807, 2.05) is 24.3 Å². The molecule has 1 N–H and O–H groups in total.